The number of likely N-dealkylation sites (N-methyl/N-ethyl adjacent to an activating group) is 1. The molecular weight excluding hydrogens is 272 g/mol. The van der Waals surface area contributed by atoms with Gasteiger partial charge in [0.1, 0.15) is 0 Å². The number of rotatable bonds is 9. The van der Waals surface area contributed by atoms with E-state index >= 15 is 0 Å². The van der Waals surface area contributed by atoms with Crippen LogP contribution >= 0.6 is 0 Å². The highest BCUT2D eigenvalue weighted by Gasteiger charge is 2.21. The highest BCUT2D eigenvalue weighted by Crippen LogP contribution is 2.18. The maximum Gasteiger partial charge on any atom is 0.213 e. The van der Waals surface area contributed by atoms with Crippen molar-refractivity contribution in [3.63, 3.8) is 0 Å². The lowest BCUT2D eigenvalue weighted by Gasteiger charge is -2.17. The molecule has 1 fully saturated rings. The number of hydrogen-bond acceptors (Lipinski definition) is 3. The van der Waals surface area contributed by atoms with Gasteiger partial charge in [0.2, 0.25) is 10.0 Å². The van der Waals surface area contributed by atoms with Crippen LogP contribution < -0.4 is 5.32 Å². The topological polar surface area (TPSA) is 49.4 Å². The Morgan fingerprint density at radius 1 is 1.25 bits per heavy atom. The molecule has 0 bridgehead atoms. The predicted molar refractivity (Wildman–Crippen MR) is 82.2 cm³/mol. The molecule has 0 spiro atoms. The van der Waals surface area contributed by atoms with Crippen LogP contribution in [0.1, 0.15) is 24.8 Å². The molecule has 0 saturated heterocycles. The maximum absolute atomic E-state index is 12.1. The fourth-order valence-corrected chi connectivity index (χ4v) is 3.26. The van der Waals surface area contributed by atoms with Crippen LogP contribution in [0.2, 0.25) is 0 Å². The SMILES string of the molecule is CN(CCc1ccccc1)S(=O)(=O)CCCNC1CC1. The summed E-state index contributed by atoms with van der Waals surface area (Å²) in [6.45, 7) is 1.35. The second kappa shape index (κ2) is 7.20. The van der Waals surface area contributed by atoms with Gasteiger partial charge in [-0.25, -0.2) is 12.7 Å². The highest BCUT2D eigenvalue weighted by molar-refractivity contribution is 7.89. The molecule has 4 nitrogen and oxygen atoms in total. The third-order valence-corrected chi connectivity index (χ3v) is 5.56. The molecule has 1 aromatic rings. The van der Waals surface area contributed by atoms with Crippen molar-refractivity contribution in [2.45, 2.75) is 31.7 Å². The number of sulfonamides is 1. The van der Waals surface area contributed by atoms with E-state index in [4.69, 9.17) is 0 Å². The molecule has 5 heteroatoms. The molecular formula is C15H24N2O2S. The van der Waals surface area contributed by atoms with Crippen molar-refractivity contribution in [3.05, 3.63) is 35.9 Å². The number of nitrogens with one attached hydrogen (secondary N) is 1. The molecule has 2 rings (SSSR count). The van der Waals surface area contributed by atoms with Gasteiger partial charge >= 0.3 is 0 Å². The van der Waals surface area contributed by atoms with Crippen LogP contribution in [0, 0.1) is 0 Å². The molecule has 1 saturated carbocycles. The Morgan fingerprint density at radius 2 is 1.95 bits per heavy atom. The summed E-state index contributed by atoms with van der Waals surface area (Å²) in [7, 11) is -1.44. The van der Waals surface area contributed by atoms with Crippen molar-refractivity contribution in [1.29, 1.82) is 0 Å². The molecule has 0 atom stereocenters. The summed E-state index contributed by atoms with van der Waals surface area (Å²) in [6, 6.07) is 10.6. The Labute approximate surface area is 122 Å². The quantitative estimate of drug-likeness (QED) is 0.705. The van der Waals surface area contributed by atoms with Gasteiger partial charge in [0.15, 0.2) is 0 Å². The van der Waals surface area contributed by atoms with E-state index in [1.807, 2.05) is 30.3 Å². The molecule has 1 aromatic carbocycles. The highest BCUT2D eigenvalue weighted by atomic mass is 32.2. The van der Waals surface area contributed by atoms with Crippen LogP contribution in [0.5, 0.6) is 0 Å². The smallest absolute Gasteiger partial charge is 0.213 e. The van der Waals surface area contributed by atoms with Gasteiger partial charge in [-0.3, -0.25) is 0 Å². The third-order valence-electron chi connectivity index (χ3n) is 3.62. The number of nitrogens with zero attached hydrogens (tertiary/aromatic N) is 1. The first-order chi connectivity index (χ1) is 9.58. The second-order valence-electron chi connectivity index (χ2n) is 5.46. The Morgan fingerprint density at radius 3 is 2.60 bits per heavy atom. The van der Waals surface area contributed by atoms with Crippen molar-refractivity contribution in [2.75, 3.05) is 25.9 Å². The summed E-state index contributed by atoms with van der Waals surface area (Å²) in [5.41, 5.74) is 1.17. The third kappa shape index (κ3) is 5.23. The van der Waals surface area contributed by atoms with E-state index in [9.17, 15) is 8.42 Å². The minimum atomic E-state index is -3.11. The minimum Gasteiger partial charge on any atom is -0.314 e. The van der Waals surface area contributed by atoms with Crippen LogP contribution in [0.4, 0.5) is 0 Å². The first-order valence-corrected chi connectivity index (χ1v) is 8.90. The maximum atomic E-state index is 12.1. The Kier molecular flexibility index (Phi) is 5.57. The van der Waals surface area contributed by atoms with Gasteiger partial charge < -0.3 is 5.32 Å². The van der Waals surface area contributed by atoms with Crippen LogP contribution in [0.3, 0.4) is 0 Å². The van der Waals surface area contributed by atoms with Gasteiger partial charge in [-0.2, -0.15) is 0 Å². The van der Waals surface area contributed by atoms with Crippen LogP contribution in [-0.4, -0.2) is 44.7 Å². The molecule has 1 aliphatic rings. The zero-order chi connectivity index (χ0) is 14.4. The first kappa shape index (κ1) is 15.5. The minimum absolute atomic E-state index is 0.234. The molecule has 0 heterocycles. The molecule has 0 unspecified atom stereocenters. The molecule has 0 aromatic heterocycles. The van der Waals surface area contributed by atoms with Gasteiger partial charge in [-0.1, -0.05) is 30.3 Å². The van der Waals surface area contributed by atoms with E-state index in [1.54, 1.807) is 7.05 Å². The van der Waals surface area contributed by atoms with Crippen LogP contribution in [0.25, 0.3) is 0 Å². The number of benzene rings is 1. The van der Waals surface area contributed by atoms with E-state index in [1.165, 1.54) is 22.7 Å². The molecule has 0 radical (unpaired) electrons. The lowest BCUT2D eigenvalue weighted by atomic mass is 10.2. The Balaban J connectivity index is 1.70. The van der Waals surface area contributed by atoms with Crippen molar-refractivity contribution in [2.24, 2.45) is 0 Å². The second-order valence-corrected chi connectivity index (χ2v) is 7.65. The zero-order valence-electron chi connectivity index (χ0n) is 12.1. The van der Waals surface area contributed by atoms with Crippen molar-refractivity contribution in [1.82, 2.24) is 9.62 Å². The lowest BCUT2D eigenvalue weighted by molar-refractivity contribution is 0.470. The normalized spacial score (nSPS) is 15.7. The van der Waals surface area contributed by atoms with E-state index in [0.717, 1.165) is 13.0 Å². The summed E-state index contributed by atoms with van der Waals surface area (Å²) in [5, 5.41) is 3.34. The average molecular weight is 296 g/mol. The number of hydrogen-bond donors (Lipinski definition) is 1. The van der Waals surface area contributed by atoms with E-state index < -0.39 is 10.0 Å². The van der Waals surface area contributed by atoms with E-state index in [2.05, 4.69) is 5.32 Å². The fraction of sp³-hybridized carbons (Fsp3) is 0.600. The van der Waals surface area contributed by atoms with E-state index in [0.29, 0.717) is 19.0 Å². The summed E-state index contributed by atoms with van der Waals surface area (Å²) in [4.78, 5) is 0. The van der Waals surface area contributed by atoms with Gasteiger partial charge in [0.25, 0.3) is 0 Å². The summed E-state index contributed by atoms with van der Waals surface area (Å²) in [6.07, 6.45) is 3.93. The van der Waals surface area contributed by atoms with Gasteiger partial charge in [-0.15, -0.1) is 0 Å². The lowest BCUT2D eigenvalue weighted by Crippen LogP contribution is -2.32. The predicted octanol–water partition coefficient (Wildman–Crippen LogP) is 1.63. The molecule has 1 aliphatic carbocycles. The van der Waals surface area contributed by atoms with Crippen LogP contribution in [-0.2, 0) is 16.4 Å². The Bertz CT molecular complexity index is 498. The summed E-state index contributed by atoms with van der Waals surface area (Å²) in [5.74, 6) is 0.234. The average Bonchev–Trinajstić information content (AvgIpc) is 3.26. The van der Waals surface area contributed by atoms with Crippen molar-refractivity contribution >= 4 is 10.0 Å². The fourth-order valence-electron chi connectivity index (χ4n) is 2.07. The first-order valence-electron chi connectivity index (χ1n) is 7.29. The van der Waals surface area contributed by atoms with E-state index in [-0.39, 0.29) is 5.75 Å². The molecule has 0 amide bonds. The zero-order valence-corrected chi connectivity index (χ0v) is 12.9. The molecule has 0 aliphatic heterocycles. The monoisotopic (exact) mass is 296 g/mol. The Hall–Kier alpha value is -0.910. The van der Waals surface area contributed by atoms with Gasteiger partial charge in [-0.05, 0) is 37.8 Å². The van der Waals surface area contributed by atoms with Crippen LogP contribution in [0.15, 0.2) is 30.3 Å². The van der Waals surface area contributed by atoms with Crippen molar-refractivity contribution < 1.29 is 8.42 Å². The summed E-state index contributed by atoms with van der Waals surface area (Å²) < 4.78 is 25.7. The van der Waals surface area contributed by atoms with Gasteiger partial charge in [0.05, 0.1) is 5.75 Å². The standard InChI is InChI=1S/C15H24N2O2S/c1-17(12-10-14-6-3-2-4-7-14)20(18,19)13-5-11-16-15-8-9-15/h2-4,6-7,15-16H,5,8-13H2,1H3. The molecule has 112 valence electrons. The largest absolute Gasteiger partial charge is 0.314 e. The molecule has 1 N–H and O–H groups in total. The molecule has 20 heavy (non-hydrogen) atoms. The van der Waals surface area contributed by atoms with Crippen molar-refractivity contribution in [3.8, 4) is 0 Å². The van der Waals surface area contributed by atoms with Gasteiger partial charge in [0, 0.05) is 19.6 Å². The summed E-state index contributed by atoms with van der Waals surface area (Å²) >= 11 is 0.